The quantitative estimate of drug-likeness (QED) is 0.788. The van der Waals surface area contributed by atoms with Crippen molar-refractivity contribution in [1.29, 1.82) is 0 Å². The summed E-state index contributed by atoms with van der Waals surface area (Å²) < 4.78 is 1.17. The first-order chi connectivity index (χ1) is 9.45. The number of carbonyl (C=O) groups excluding carboxylic acids is 1. The number of rotatable bonds is 3. The molecule has 0 radical (unpaired) electrons. The maximum atomic E-state index is 12.1. The molecule has 2 nitrogen and oxygen atoms in total. The Labute approximate surface area is 133 Å². The Morgan fingerprint density at radius 2 is 1.75 bits per heavy atom. The first-order valence-corrected chi connectivity index (χ1v) is 7.66. The molecular formula is C17H18INO. The van der Waals surface area contributed by atoms with Crippen LogP contribution in [0.25, 0.3) is 0 Å². The van der Waals surface area contributed by atoms with E-state index in [0.717, 1.165) is 16.8 Å². The summed E-state index contributed by atoms with van der Waals surface area (Å²) >= 11 is 2.27. The first kappa shape index (κ1) is 15.0. The number of nitrogens with one attached hydrogen (secondary N) is 1. The summed E-state index contributed by atoms with van der Waals surface area (Å²) in [4.78, 5) is 12.1. The summed E-state index contributed by atoms with van der Waals surface area (Å²) in [5, 5.41) is 2.98. The second kappa shape index (κ2) is 6.39. The molecule has 0 bridgehead atoms. The predicted octanol–water partition coefficient (Wildman–Crippen LogP) is 4.40. The number of amides is 1. The van der Waals surface area contributed by atoms with Gasteiger partial charge in [0.1, 0.15) is 0 Å². The van der Waals surface area contributed by atoms with Crippen molar-refractivity contribution in [3.05, 3.63) is 62.2 Å². The molecule has 0 saturated heterocycles. The van der Waals surface area contributed by atoms with Gasteiger partial charge in [0.05, 0.1) is 6.42 Å². The van der Waals surface area contributed by atoms with Crippen molar-refractivity contribution >= 4 is 34.2 Å². The molecule has 2 aromatic rings. The normalized spacial score (nSPS) is 10.4. The van der Waals surface area contributed by atoms with Crippen LogP contribution < -0.4 is 5.32 Å². The average Bonchev–Trinajstić information content (AvgIpc) is 2.37. The molecule has 0 aromatic heterocycles. The van der Waals surface area contributed by atoms with Gasteiger partial charge in [-0.1, -0.05) is 18.2 Å². The third kappa shape index (κ3) is 3.82. The standard InChI is InChI=1S/C17H18INO/c1-11-4-5-14(8-12(11)2)10-17(20)19-16-7-6-15(18)9-13(16)3/h4-9H,10H2,1-3H3,(H,19,20). The number of benzene rings is 2. The van der Waals surface area contributed by atoms with Crippen molar-refractivity contribution in [2.45, 2.75) is 27.2 Å². The zero-order chi connectivity index (χ0) is 14.7. The average molecular weight is 379 g/mol. The fourth-order valence-electron chi connectivity index (χ4n) is 2.06. The summed E-state index contributed by atoms with van der Waals surface area (Å²) in [6.45, 7) is 6.15. The smallest absolute Gasteiger partial charge is 0.228 e. The molecule has 20 heavy (non-hydrogen) atoms. The van der Waals surface area contributed by atoms with Gasteiger partial charge < -0.3 is 5.32 Å². The zero-order valence-electron chi connectivity index (χ0n) is 12.0. The van der Waals surface area contributed by atoms with Crippen LogP contribution in [-0.2, 0) is 11.2 Å². The van der Waals surface area contributed by atoms with Gasteiger partial charge in [-0.05, 0) is 83.8 Å². The second-order valence-electron chi connectivity index (χ2n) is 5.10. The molecule has 2 aromatic carbocycles. The summed E-state index contributed by atoms with van der Waals surface area (Å²) in [7, 11) is 0. The molecule has 0 heterocycles. The summed E-state index contributed by atoms with van der Waals surface area (Å²) in [6.07, 6.45) is 0.409. The highest BCUT2D eigenvalue weighted by Crippen LogP contribution is 2.18. The molecule has 2 rings (SSSR count). The first-order valence-electron chi connectivity index (χ1n) is 6.58. The molecule has 0 saturated carbocycles. The van der Waals surface area contributed by atoms with Crippen LogP contribution in [0.1, 0.15) is 22.3 Å². The maximum Gasteiger partial charge on any atom is 0.228 e. The Bertz CT molecular complexity index is 649. The second-order valence-corrected chi connectivity index (χ2v) is 6.35. The monoisotopic (exact) mass is 379 g/mol. The van der Waals surface area contributed by atoms with Crippen molar-refractivity contribution in [2.75, 3.05) is 5.32 Å². The molecule has 0 aliphatic rings. The van der Waals surface area contributed by atoms with Crippen LogP contribution in [0.3, 0.4) is 0 Å². The van der Waals surface area contributed by atoms with Crippen LogP contribution in [0.15, 0.2) is 36.4 Å². The predicted molar refractivity (Wildman–Crippen MR) is 92.1 cm³/mol. The highest BCUT2D eigenvalue weighted by Gasteiger charge is 2.07. The van der Waals surface area contributed by atoms with Gasteiger partial charge in [0.25, 0.3) is 0 Å². The molecular weight excluding hydrogens is 361 g/mol. The van der Waals surface area contributed by atoms with E-state index in [-0.39, 0.29) is 5.91 Å². The lowest BCUT2D eigenvalue weighted by molar-refractivity contribution is -0.115. The van der Waals surface area contributed by atoms with Gasteiger partial charge in [-0.2, -0.15) is 0 Å². The van der Waals surface area contributed by atoms with Crippen LogP contribution >= 0.6 is 22.6 Å². The van der Waals surface area contributed by atoms with Gasteiger partial charge >= 0.3 is 0 Å². The summed E-state index contributed by atoms with van der Waals surface area (Å²) in [6, 6.07) is 12.2. The van der Waals surface area contributed by atoms with Crippen molar-refractivity contribution in [2.24, 2.45) is 0 Å². The van der Waals surface area contributed by atoms with E-state index in [1.165, 1.54) is 14.7 Å². The van der Waals surface area contributed by atoms with E-state index in [9.17, 15) is 4.79 Å². The number of anilines is 1. The molecule has 0 spiro atoms. The van der Waals surface area contributed by atoms with Crippen LogP contribution in [0.5, 0.6) is 0 Å². The van der Waals surface area contributed by atoms with E-state index >= 15 is 0 Å². The van der Waals surface area contributed by atoms with Gasteiger partial charge in [-0.15, -0.1) is 0 Å². The van der Waals surface area contributed by atoms with Gasteiger partial charge in [0.2, 0.25) is 5.91 Å². The Balaban J connectivity index is 2.07. The lowest BCUT2D eigenvalue weighted by Crippen LogP contribution is -2.15. The number of hydrogen-bond acceptors (Lipinski definition) is 1. The highest BCUT2D eigenvalue weighted by atomic mass is 127. The van der Waals surface area contributed by atoms with Gasteiger partial charge in [0, 0.05) is 9.26 Å². The fraction of sp³-hybridized carbons (Fsp3) is 0.235. The van der Waals surface area contributed by atoms with Gasteiger partial charge in [0.15, 0.2) is 0 Å². The zero-order valence-corrected chi connectivity index (χ0v) is 14.1. The molecule has 3 heteroatoms. The van der Waals surface area contributed by atoms with E-state index in [1.54, 1.807) is 0 Å². The van der Waals surface area contributed by atoms with E-state index < -0.39 is 0 Å². The fourth-order valence-corrected chi connectivity index (χ4v) is 2.71. The van der Waals surface area contributed by atoms with E-state index in [2.05, 4.69) is 60.0 Å². The van der Waals surface area contributed by atoms with Crippen molar-refractivity contribution in [3.63, 3.8) is 0 Å². The number of halogens is 1. The van der Waals surface area contributed by atoms with Crippen LogP contribution in [-0.4, -0.2) is 5.91 Å². The van der Waals surface area contributed by atoms with E-state index in [1.807, 2.05) is 25.1 Å². The Morgan fingerprint density at radius 1 is 1.00 bits per heavy atom. The minimum absolute atomic E-state index is 0.0255. The SMILES string of the molecule is Cc1ccc(CC(=O)Nc2ccc(I)cc2C)cc1C. The Kier molecular flexibility index (Phi) is 4.81. The van der Waals surface area contributed by atoms with Crippen molar-refractivity contribution in [3.8, 4) is 0 Å². The summed E-state index contributed by atoms with van der Waals surface area (Å²) in [5.74, 6) is 0.0255. The third-order valence-electron chi connectivity index (χ3n) is 3.40. The topological polar surface area (TPSA) is 29.1 Å². The largest absolute Gasteiger partial charge is 0.326 e. The van der Waals surface area contributed by atoms with Gasteiger partial charge in [-0.25, -0.2) is 0 Å². The molecule has 104 valence electrons. The van der Waals surface area contributed by atoms with Crippen LogP contribution in [0, 0.1) is 24.3 Å². The molecule has 1 N–H and O–H groups in total. The van der Waals surface area contributed by atoms with Crippen molar-refractivity contribution < 1.29 is 4.79 Å². The molecule has 0 aliphatic carbocycles. The molecule has 0 atom stereocenters. The molecule has 0 unspecified atom stereocenters. The number of carbonyl (C=O) groups is 1. The van der Waals surface area contributed by atoms with Crippen LogP contribution in [0.2, 0.25) is 0 Å². The van der Waals surface area contributed by atoms with E-state index in [4.69, 9.17) is 0 Å². The van der Waals surface area contributed by atoms with E-state index in [0.29, 0.717) is 6.42 Å². The third-order valence-corrected chi connectivity index (χ3v) is 4.07. The lowest BCUT2D eigenvalue weighted by atomic mass is 10.0. The minimum Gasteiger partial charge on any atom is -0.326 e. The lowest BCUT2D eigenvalue weighted by Gasteiger charge is -2.09. The molecule has 0 aliphatic heterocycles. The van der Waals surface area contributed by atoms with Gasteiger partial charge in [-0.3, -0.25) is 4.79 Å². The van der Waals surface area contributed by atoms with Crippen molar-refractivity contribution in [1.82, 2.24) is 0 Å². The maximum absolute atomic E-state index is 12.1. The molecule has 1 amide bonds. The Morgan fingerprint density at radius 3 is 2.40 bits per heavy atom. The Hall–Kier alpha value is -1.36. The number of aryl methyl sites for hydroxylation is 3. The van der Waals surface area contributed by atoms with Crippen LogP contribution in [0.4, 0.5) is 5.69 Å². The highest BCUT2D eigenvalue weighted by molar-refractivity contribution is 14.1. The minimum atomic E-state index is 0.0255. The summed E-state index contributed by atoms with van der Waals surface area (Å²) in [5.41, 5.74) is 5.50. The number of hydrogen-bond donors (Lipinski definition) is 1. The molecule has 0 fully saturated rings.